The highest BCUT2D eigenvalue weighted by Crippen LogP contribution is 2.25. The third kappa shape index (κ3) is 8.93. The van der Waals surface area contributed by atoms with Gasteiger partial charge in [0, 0.05) is 42.8 Å². The number of nitrogens with two attached hydrogens (primary N) is 1. The number of nitrogens with one attached hydrogen (secondary N) is 4. The van der Waals surface area contributed by atoms with Gasteiger partial charge in [0.1, 0.15) is 36.3 Å². The maximum Gasteiger partial charge on any atom is 0.323 e. The minimum Gasteiger partial charge on any atom is -0.459 e. The Hall–Kier alpha value is -6.27. The first-order valence-corrected chi connectivity index (χ1v) is 18.6. The van der Waals surface area contributed by atoms with E-state index in [2.05, 4.69) is 20.9 Å². The Morgan fingerprint density at radius 1 is 0.673 bits per heavy atom. The van der Waals surface area contributed by atoms with Crippen molar-refractivity contribution in [3.8, 4) is 0 Å². The summed E-state index contributed by atoms with van der Waals surface area (Å²) in [6.45, 7) is -0.101. The van der Waals surface area contributed by atoms with Crippen LogP contribution in [0.2, 0.25) is 0 Å². The van der Waals surface area contributed by atoms with Gasteiger partial charge < -0.3 is 36.3 Å². The van der Waals surface area contributed by atoms with Crippen molar-refractivity contribution in [2.24, 2.45) is 5.73 Å². The summed E-state index contributed by atoms with van der Waals surface area (Å²) in [7, 11) is 0. The zero-order valence-electron chi connectivity index (χ0n) is 30.2. The number of carbonyl (C=O) groups excluding carboxylic acids is 5. The number of ether oxygens (including phenoxy) is 1. The lowest BCUT2D eigenvalue weighted by atomic mass is 9.99. The molecule has 4 aromatic carbocycles. The van der Waals surface area contributed by atoms with Crippen LogP contribution in [-0.2, 0) is 54.4 Å². The highest BCUT2D eigenvalue weighted by Gasteiger charge is 2.45. The van der Waals surface area contributed by atoms with Gasteiger partial charge in [-0.15, -0.1) is 0 Å². The van der Waals surface area contributed by atoms with E-state index in [0.29, 0.717) is 0 Å². The molecule has 4 amide bonds. The molecule has 0 saturated carbocycles. The average Bonchev–Trinajstić information content (AvgIpc) is 3.82. The zero-order valence-corrected chi connectivity index (χ0v) is 30.2. The molecular formula is C43H44N6O6. The van der Waals surface area contributed by atoms with Crippen molar-refractivity contribution in [1.29, 1.82) is 0 Å². The van der Waals surface area contributed by atoms with Gasteiger partial charge in [0.2, 0.25) is 23.6 Å². The molecule has 6 atom stereocenters. The molecule has 2 fully saturated rings. The first-order chi connectivity index (χ1) is 26.7. The number of amides is 4. The lowest BCUT2D eigenvalue weighted by Gasteiger charge is -2.32. The van der Waals surface area contributed by atoms with E-state index in [0.717, 1.165) is 33.2 Å². The molecular weight excluding hydrogens is 697 g/mol. The summed E-state index contributed by atoms with van der Waals surface area (Å²) >= 11 is 0. The molecule has 282 valence electrons. The number of H-pyrrole nitrogens is 1. The predicted octanol–water partition coefficient (Wildman–Crippen LogP) is 2.75. The Bertz CT molecular complexity index is 2140. The molecule has 55 heavy (non-hydrogen) atoms. The number of rotatable bonds is 10. The first-order valence-electron chi connectivity index (χ1n) is 18.6. The van der Waals surface area contributed by atoms with Crippen molar-refractivity contribution < 1.29 is 28.7 Å². The molecule has 5 aromatic rings. The molecule has 2 aliphatic rings. The van der Waals surface area contributed by atoms with Crippen LogP contribution in [-0.4, -0.2) is 82.3 Å². The van der Waals surface area contributed by atoms with Crippen LogP contribution in [0.3, 0.4) is 0 Å². The van der Waals surface area contributed by atoms with Crippen molar-refractivity contribution in [2.75, 3.05) is 6.54 Å². The number of benzene rings is 4. The number of para-hydroxylation sites is 1. The van der Waals surface area contributed by atoms with Crippen LogP contribution < -0.4 is 21.7 Å². The largest absolute Gasteiger partial charge is 0.459 e. The first kappa shape index (κ1) is 37.1. The summed E-state index contributed by atoms with van der Waals surface area (Å²) in [6, 6.07) is 30.1. The molecule has 6 N–H and O–H groups in total. The minimum absolute atomic E-state index is 0.0176. The van der Waals surface area contributed by atoms with Gasteiger partial charge in [-0.25, -0.2) is 0 Å². The van der Waals surface area contributed by atoms with Gasteiger partial charge in [-0.2, -0.15) is 0 Å². The Labute approximate surface area is 318 Å². The maximum absolute atomic E-state index is 14.7. The van der Waals surface area contributed by atoms with E-state index in [1.807, 2.05) is 115 Å². The third-order valence-electron chi connectivity index (χ3n) is 10.3. The van der Waals surface area contributed by atoms with Crippen molar-refractivity contribution in [3.63, 3.8) is 0 Å². The predicted molar refractivity (Wildman–Crippen MR) is 206 cm³/mol. The van der Waals surface area contributed by atoms with Gasteiger partial charge in [0.05, 0.1) is 6.54 Å². The fourth-order valence-corrected chi connectivity index (χ4v) is 7.43. The summed E-state index contributed by atoms with van der Waals surface area (Å²) in [5.41, 5.74) is 10.4. The normalized spacial score (nSPS) is 22.4. The van der Waals surface area contributed by atoms with Gasteiger partial charge >= 0.3 is 5.97 Å². The fourth-order valence-electron chi connectivity index (χ4n) is 7.43. The van der Waals surface area contributed by atoms with Crippen LogP contribution in [0.5, 0.6) is 0 Å². The molecule has 0 spiro atoms. The smallest absolute Gasteiger partial charge is 0.323 e. The number of hydrogen-bond donors (Lipinski definition) is 5. The summed E-state index contributed by atoms with van der Waals surface area (Å²) in [5, 5.41) is 9.65. The summed E-state index contributed by atoms with van der Waals surface area (Å²) in [4.78, 5) is 75.3. The maximum atomic E-state index is 14.7. The highest BCUT2D eigenvalue weighted by atomic mass is 16.5. The fraction of sp³-hybridized carbons (Fsp3) is 0.279. The zero-order chi connectivity index (χ0) is 38.3. The van der Waals surface area contributed by atoms with Gasteiger partial charge in [0.25, 0.3) is 0 Å². The molecule has 2 saturated heterocycles. The molecule has 0 bridgehead atoms. The number of fused-ring (bicyclic) bond motifs is 2. The topological polar surface area (TPSA) is 176 Å². The Kier molecular flexibility index (Phi) is 11.3. The summed E-state index contributed by atoms with van der Waals surface area (Å²) in [6.07, 6.45) is 1.54. The van der Waals surface area contributed by atoms with Crippen LogP contribution in [0.1, 0.15) is 28.7 Å². The highest BCUT2D eigenvalue weighted by molar-refractivity contribution is 5.98. The minimum atomic E-state index is -1.11. The molecule has 3 heterocycles. The van der Waals surface area contributed by atoms with Gasteiger partial charge in [-0.1, -0.05) is 109 Å². The average molecular weight is 741 g/mol. The monoisotopic (exact) mass is 740 g/mol. The molecule has 0 radical (unpaired) electrons. The molecule has 2 aliphatic heterocycles. The van der Waals surface area contributed by atoms with Crippen LogP contribution in [0.15, 0.2) is 121 Å². The Morgan fingerprint density at radius 2 is 1.20 bits per heavy atom. The van der Waals surface area contributed by atoms with E-state index >= 15 is 0 Å². The van der Waals surface area contributed by atoms with Crippen molar-refractivity contribution in [2.45, 2.75) is 68.4 Å². The van der Waals surface area contributed by atoms with Crippen molar-refractivity contribution in [1.82, 2.24) is 25.8 Å². The van der Waals surface area contributed by atoms with Gasteiger partial charge in [0.15, 0.2) is 0 Å². The van der Waals surface area contributed by atoms with E-state index in [9.17, 15) is 24.0 Å². The molecule has 0 unspecified atom stereocenters. The van der Waals surface area contributed by atoms with Crippen LogP contribution in [0.25, 0.3) is 10.9 Å². The van der Waals surface area contributed by atoms with E-state index in [1.54, 1.807) is 6.20 Å². The van der Waals surface area contributed by atoms with Gasteiger partial charge in [-0.3, -0.25) is 24.0 Å². The third-order valence-corrected chi connectivity index (χ3v) is 10.3. The molecule has 12 heteroatoms. The lowest BCUT2D eigenvalue weighted by Crippen LogP contribution is -2.62. The number of esters is 1. The molecule has 1 aromatic heterocycles. The number of hydrogen-bond acceptors (Lipinski definition) is 7. The summed E-state index contributed by atoms with van der Waals surface area (Å²) in [5.74, 6) is -2.85. The van der Waals surface area contributed by atoms with Crippen LogP contribution >= 0.6 is 0 Å². The van der Waals surface area contributed by atoms with Crippen molar-refractivity contribution >= 4 is 40.5 Å². The molecule has 0 aliphatic carbocycles. The van der Waals surface area contributed by atoms with E-state index in [-0.39, 0.29) is 38.6 Å². The molecule has 12 nitrogen and oxygen atoms in total. The van der Waals surface area contributed by atoms with E-state index in [4.69, 9.17) is 10.5 Å². The number of nitrogens with zero attached hydrogens (tertiary/aromatic N) is 1. The Morgan fingerprint density at radius 3 is 1.85 bits per heavy atom. The number of carbonyl (C=O) groups is 5. The van der Waals surface area contributed by atoms with Crippen molar-refractivity contribution in [3.05, 3.63) is 144 Å². The van der Waals surface area contributed by atoms with E-state index in [1.165, 1.54) is 4.90 Å². The Balaban J connectivity index is 1.20. The summed E-state index contributed by atoms with van der Waals surface area (Å²) < 4.78 is 5.85. The number of aromatic amines is 1. The quantitative estimate of drug-likeness (QED) is 0.137. The number of aromatic nitrogens is 1. The van der Waals surface area contributed by atoms with E-state index < -0.39 is 65.9 Å². The second-order valence-corrected chi connectivity index (χ2v) is 14.2. The SMILES string of the molecule is N[C@@H](Cc1ccccc1)C(=O)O[C@@H]1C[C@@H]2C(=O)N[C@@H](Cc3ccccc3)C(=O)N[C@H](Cc3c[nH]c4ccccc34)C(=O)N[C@@H](Cc3ccccc3)C(=O)N2C1. The second kappa shape index (κ2) is 16.8. The second-order valence-electron chi connectivity index (χ2n) is 14.2. The van der Waals surface area contributed by atoms with Crippen LogP contribution in [0.4, 0.5) is 0 Å². The van der Waals surface area contributed by atoms with Gasteiger partial charge in [-0.05, 0) is 34.7 Å². The molecule has 7 rings (SSSR count). The standard InChI is InChI=1S/C43H44N6O6/c44-33(20-27-12-4-1-5-13-27)43(54)55-31-24-38-41(52)47-35(21-28-14-6-2-7-15-28)39(50)46-36(23-30-25-45-34-19-11-10-18-32(30)34)40(51)48-37(42(53)49(38)26-31)22-29-16-8-3-9-17-29/h1-19,25,31,33,35-38,45H,20-24,26,44H2,(H,46,50)(H,47,52)(H,48,51)/t31-,33+,35+,36-,37+,38-/m1/s1. The van der Waals surface area contributed by atoms with Crippen LogP contribution in [0, 0.1) is 0 Å². The lowest BCUT2D eigenvalue weighted by molar-refractivity contribution is -0.150.